The van der Waals surface area contributed by atoms with Crippen LogP contribution >= 0.6 is 12.6 Å². The Kier molecular flexibility index (Phi) is 10.1. The Morgan fingerprint density at radius 2 is 1.69 bits per heavy atom. The van der Waals surface area contributed by atoms with Gasteiger partial charge in [0.25, 0.3) is 0 Å². The molecule has 0 aromatic rings. The van der Waals surface area contributed by atoms with Gasteiger partial charge in [-0.25, -0.2) is 4.79 Å². The summed E-state index contributed by atoms with van der Waals surface area (Å²) in [6, 6.07) is 0. The highest BCUT2D eigenvalue weighted by Crippen LogP contribution is 1.91. The summed E-state index contributed by atoms with van der Waals surface area (Å²) in [6.07, 6.45) is 0.422. The maximum absolute atomic E-state index is 9.65. The number of carboxylic acid groups (broad SMARTS) is 2. The number of hydrogen-bond acceptors (Lipinski definition) is 4. The second-order valence-electron chi connectivity index (χ2n) is 1.97. The highest BCUT2D eigenvalue weighted by Gasteiger charge is 1.92. The molecule has 0 aliphatic heterocycles. The van der Waals surface area contributed by atoms with Crippen molar-refractivity contribution in [3.63, 3.8) is 0 Å². The molecule has 0 heterocycles. The highest BCUT2D eigenvalue weighted by molar-refractivity contribution is 7.85. The number of aliphatic hydroxyl groups excluding tert-OH is 1. The summed E-state index contributed by atoms with van der Waals surface area (Å²) in [4.78, 5) is 19.0. The van der Waals surface area contributed by atoms with E-state index in [1.54, 1.807) is 0 Å². The Bertz CT molecular complexity index is 177. The van der Waals surface area contributed by atoms with Crippen LogP contribution in [0.1, 0.15) is 12.8 Å². The Balaban J connectivity index is 0. The second kappa shape index (κ2) is 9.08. The van der Waals surface area contributed by atoms with Crippen LogP contribution in [0.3, 0.4) is 0 Å². The van der Waals surface area contributed by atoms with Gasteiger partial charge in [0.05, 0.1) is 4.91 Å². The molecule has 0 saturated carbocycles. The normalized spacial score (nSPS) is 8.15. The highest BCUT2D eigenvalue weighted by atomic mass is 32.1. The summed E-state index contributed by atoms with van der Waals surface area (Å²) in [7, 11) is 0. The van der Waals surface area contributed by atoms with Gasteiger partial charge in [0.15, 0.2) is 0 Å². The molecule has 3 N–H and O–H groups in total. The standard InChI is InChI=1S/C4H8O3.C3H4O2S/c5-3-1-2-4(6)7;1-2(6)3(4)5/h5H,1-3H2,(H,6,7);6H,1H2,(H,4,5). The van der Waals surface area contributed by atoms with E-state index in [4.69, 9.17) is 15.3 Å². The first kappa shape index (κ1) is 14.5. The zero-order valence-corrected chi connectivity index (χ0v) is 7.83. The average Bonchev–Trinajstić information content (AvgIpc) is 2.01. The van der Waals surface area contributed by atoms with Gasteiger partial charge in [0.2, 0.25) is 0 Å². The van der Waals surface area contributed by atoms with Gasteiger partial charge < -0.3 is 15.3 Å². The molecule has 0 aromatic carbocycles. The average molecular weight is 208 g/mol. The second-order valence-corrected chi connectivity index (χ2v) is 2.51. The molecule has 76 valence electrons. The van der Waals surface area contributed by atoms with Gasteiger partial charge in [-0.3, -0.25) is 4.79 Å². The van der Waals surface area contributed by atoms with Crippen LogP contribution in [0, 0.1) is 0 Å². The van der Waals surface area contributed by atoms with E-state index in [1.807, 2.05) is 0 Å². The first-order valence-electron chi connectivity index (χ1n) is 3.35. The third kappa shape index (κ3) is 18.2. The monoisotopic (exact) mass is 208 g/mol. The van der Waals surface area contributed by atoms with Crippen molar-refractivity contribution in [2.24, 2.45) is 0 Å². The fourth-order valence-electron chi connectivity index (χ4n) is 0.230. The molecule has 0 unspecified atom stereocenters. The lowest BCUT2D eigenvalue weighted by Crippen LogP contribution is -1.95. The zero-order valence-electron chi connectivity index (χ0n) is 6.93. The Hall–Kier alpha value is -1.01. The van der Waals surface area contributed by atoms with E-state index >= 15 is 0 Å². The van der Waals surface area contributed by atoms with Gasteiger partial charge in [-0.15, -0.1) is 12.6 Å². The van der Waals surface area contributed by atoms with Crippen LogP contribution in [0.15, 0.2) is 11.5 Å². The van der Waals surface area contributed by atoms with Crippen LogP contribution < -0.4 is 0 Å². The molecule has 0 spiro atoms. The maximum atomic E-state index is 9.65. The number of aliphatic hydroxyl groups is 1. The molecule has 0 bridgehead atoms. The van der Waals surface area contributed by atoms with Crippen LogP contribution in [0.2, 0.25) is 0 Å². The van der Waals surface area contributed by atoms with Gasteiger partial charge >= 0.3 is 11.9 Å². The van der Waals surface area contributed by atoms with Crippen LogP contribution in [0.5, 0.6) is 0 Å². The molecule has 0 aliphatic carbocycles. The van der Waals surface area contributed by atoms with Crippen molar-refractivity contribution in [1.29, 1.82) is 0 Å². The number of hydrogen-bond donors (Lipinski definition) is 4. The fraction of sp³-hybridized carbons (Fsp3) is 0.429. The lowest BCUT2D eigenvalue weighted by atomic mass is 10.3. The summed E-state index contributed by atoms with van der Waals surface area (Å²) in [5.41, 5.74) is 0. The summed E-state index contributed by atoms with van der Waals surface area (Å²) in [5.74, 6) is -1.92. The third-order valence-electron chi connectivity index (χ3n) is 0.796. The minimum absolute atomic E-state index is 0.0354. The molecule has 0 aromatic heterocycles. The molecule has 0 aliphatic rings. The lowest BCUT2D eigenvalue weighted by Gasteiger charge is -1.85. The molecule has 13 heavy (non-hydrogen) atoms. The van der Waals surface area contributed by atoms with Gasteiger partial charge in [-0.1, -0.05) is 6.58 Å². The van der Waals surface area contributed by atoms with E-state index in [-0.39, 0.29) is 17.9 Å². The van der Waals surface area contributed by atoms with Crippen molar-refractivity contribution in [3.8, 4) is 0 Å². The Morgan fingerprint density at radius 1 is 1.31 bits per heavy atom. The quantitative estimate of drug-likeness (QED) is 0.395. The molecule has 6 heteroatoms. The van der Waals surface area contributed by atoms with E-state index in [0.717, 1.165) is 0 Å². The molecule has 0 rings (SSSR count). The van der Waals surface area contributed by atoms with E-state index in [1.165, 1.54) is 0 Å². The summed E-state index contributed by atoms with van der Waals surface area (Å²) < 4.78 is 0. The minimum atomic E-state index is -1.07. The predicted octanol–water partition coefficient (Wildman–Crippen LogP) is 0.358. The minimum Gasteiger partial charge on any atom is -0.481 e. The molecular formula is C7H12O5S. The molecule has 5 nitrogen and oxygen atoms in total. The molecule has 0 amide bonds. The van der Waals surface area contributed by atoms with Crippen molar-refractivity contribution in [3.05, 3.63) is 11.5 Å². The van der Waals surface area contributed by atoms with Gasteiger partial charge in [0.1, 0.15) is 0 Å². The van der Waals surface area contributed by atoms with Gasteiger partial charge in [-0.2, -0.15) is 0 Å². The third-order valence-corrected chi connectivity index (χ3v) is 0.987. The van der Waals surface area contributed by atoms with E-state index in [2.05, 4.69) is 19.2 Å². The first-order valence-corrected chi connectivity index (χ1v) is 3.80. The number of rotatable bonds is 4. The van der Waals surface area contributed by atoms with Crippen molar-refractivity contribution in [1.82, 2.24) is 0 Å². The van der Waals surface area contributed by atoms with Crippen molar-refractivity contribution in [2.75, 3.05) is 6.61 Å². The zero-order chi connectivity index (χ0) is 10.9. The van der Waals surface area contributed by atoms with Crippen LogP contribution in [0.25, 0.3) is 0 Å². The topological polar surface area (TPSA) is 94.8 Å². The van der Waals surface area contributed by atoms with Gasteiger partial charge in [0, 0.05) is 13.0 Å². The predicted molar refractivity (Wildman–Crippen MR) is 49.7 cm³/mol. The molecular weight excluding hydrogens is 196 g/mol. The largest absolute Gasteiger partial charge is 0.481 e. The van der Waals surface area contributed by atoms with Crippen LogP contribution in [-0.4, -0.2) is 33.9 Å². The van der Waals surface area contributed by atoms with Gasteiger partial charge in [-0.05, 0) is 6.42 Å². The van der Waals surface area contributed by atoms with Crippen molar-refractivity contribution in [2.45, 2.75) is 12.8 Å². The van der Waals surface area contributed by atoms with E-state index in [0.29, 0.717) is 6.42 Å². The Morgan fingerprint density at radius 3 is 1.77 bits per heavy atom. The molecule has 0 radical (unpaired) electrons. The molecule has 0 fully saturated rings. The lowest BCUT2D eigenvalue weighted by molar-refractivity contribution is -0.137. The first-order chi connectivity index (χ1) is 5.91. The van der Waals surface area contributed by atoms with E-state index in [9.17, 15) is 9.59 Å². The summed E-state index contributed by atoms with van der Waals surface area (Å²) >= 11 is 3.40. The Labute approximate surface area is 81.1 Å². The van der Waals surface area contributed by atoms with Crippen LogP contribution in [0.4, 0.5) is 0 Å². The van der Waals surface area contributed by atoms with Crippen molar-refractivity contribution < 1.29 is 24.9 Å². The SMILES string of the molecule is C=C(S)C(=O)O.O=C(O)CCCO. The van der Waals surface area contributed by atoms with Crippen LogP contribution in [-0.2, 0) is 9.59 Å². The molecule has 0 saturated heterocycles. The number of carbonyl (C=O) groups is 2. The number of carboxylic acids is 2. The molecule has 0 atom stereocenters. The van der Waals surface area contributed by atoms with Crippen molar-refractivity contribution >= 4 is 24.6 Å². The number of aliphatic carboxylic acids is 2. The smallest absolute Gasteiger partial charge is 0.341 e. The fourth-order valence-corrected chi connectivity index (χ4v) is 0.230. The van der Waals surface area contributed by atoms with E-state index < -0.39 is 11.9 Å². The summed E-state index contributed by atoms with van der Waals surface area (Å²) in [5, 5.41) is 23.8. The summed E-state index contributed by atoms with van der Waals surface area (Å²) in [6.45, 7) is 2.98. The maximum Gasteiger partial charge on any atom is 0.341 e. The number of thiol groups is 1.